The number of aromatic nitrogens is 6. The zero-order valence-corrected chi connectivity index (χ0v) is 27.6. The topological polar surface area (TPSA) is 157 Å². The summed E-state index contributed by atoms with van der Waals surface area (Å²) in [7, 11) is 3.09. The normalized spacial score (nSPS) is 16.3. The van der Waals surface area contributed by atoms with Crippen LogP contribution in [0, 0.1) is 5.92 Å². The van der Waals surface area contributed by atoms with Crippen molar-refractivity contribution in [1.82, 2.24) is 39.1 Å². The van der Waals surface area contributed by atoms with Gasteiger partial charge in [0.1, 0.15) is 6.54 Å². The van der Waals surface area contributed by atoms with Crippen LogP contribution < -0.4 is 21.5 Å². The second kappa shape index (κ2) is 14.7. The van der Waals surface area contributed by atoms with Crippen LogP contribution in [0.3, 0.4) is 0 Å². The van der Waals surface area contributed by atoms with Crippen LogP contribution in [0.1, 0.15) is 25.2 Å². The predicted octanol–water partition coefficient (Wildman–Crippen LogP) is 2.98. The average molecular weight is 717 g/mol. The molecule has 0 bridgehead atoms. The molecule has 0 radical (unpaired) electrons. The third-order valence-corrected chi connectivity index (χ3v) is 9.20. The lowest BCUT2D eigenvalue weighted by atomic mass is 9.94. The molecule has 0 unspecified atom stereocenters. The Kier molecular flexibility index (Phi) is 10.8. The third-order valence-electron chi connectivity index (χ3n) is 8.46. The van der Waals surface area contributed by atoms with Crippen molar-refractivity contribution in [3.8, 4) is 11.5 Å². The summed E-state index contributed by atoms with van der Waals surface area (Å²) in [4.78, 5) is 44.4. The minimum absolute atomic E-state index is 0.115. The largest absolute Gasteiger partial charge is 0.490 e. The van der Waals surface area contributed by atoms with Gasteiger partial charge >= 0.3 is 17.8 Å². The maximum atomic E-state index is 13.4. The first kappa shape index (κ1) is 35.4. The fourth-order valence-corrected chi connectivity index (χ4v) is 6.03. The van der Waals surface area contributed by atoms with Crippen molar-refractivity contribution in [3.63, 3.8) is 0 Å². The molecular formula is C29H34Cl2F3N9O5. The fraction of sp³-hybridized carbons (Fsp3) is 0.517. The van der Waals surface area contributed by atoms with E-state index < -0.39 is 23.4 Å². The van der Waals surface area contributed by atoms with Gasteiger partial charge in [-0.15, -0.1) is 10.2 Å². The third kappa shape index (κ3) is 7.85. The number of aliphatic carboxylic acids is 1. The molecule has 3 aromatic heterocycles. The molecule has 0 atom stereocenters. The molecule has 0 aliphatic carbocycles. The first-order valence-electron chi connectivity index (χ1n) is 15.2. The number of benzene rings is 1. The molecule has 1 aromatic carbocycles. The summed E-state index contributed by atoms with van der Waals surface area (Å²) < 4.78 is 42.0. The number of piperazine rings is 1. The van der Waals surface area contributed by atoms with Gasteiger partial charge in [-0.2, -0.15) is 18.2 Å². The van der Waals surface area contributed by atoms with E-state index in [2.05, 4.69) is 25.3 Å². The van der Waals surface area contributed by atoms with E-state index in [0.717, 1.165) is 56.3 Å². The molecule has 19 heteroatoms. The van der Waals surface area contributed by atoms with Crippen molar-refractivity contribution < 1.29 is 27.5 Å². The highest BCUT2D eigenvalue weighted by Crippen LogP contribution is 2.29. The highest BCUT2D eigenvalue weighted by atomic mass is 35.5. The molecule has 2 aliphatic rings. The smallest absolute Gasteiger partial charge is 0.475 e. The van der Waals surface area contributed by atoms with Gasteiger partial charge in [0.2, 0.25) is 17.7 Å². The number of hydrogen-bond donors (Lipinski definition) is 2. The van der Waals surface area contributed by atoms with Gasteiger partial charge in [0.15, 0.2) is 11.2 Å². The van der Waals surface area contributed by atoms with Gasteiger partial charge in [0, 0.05) is 45.8 Å². The van der Waals surface area contributed by atoms with Crippen molar-refractivity contribution in [1.29, 1.82) is 0 Å². The molecule has 2 fully saturated rings. The highest BCUT2D eigenvalue weighted by molar-refractivity contribution is 6.42. The lowest BCUT2D eigenvalue weighted by Gasteiger charge is -2.36. The molecule has 260 valence electrons. The minimum atomic E-state index is -5.08. The lowest BCUT2D eigenvalue weighted by molar-refractivity contribution is -0.192. The van der Waals surface area contributed by atoms with Gasteiger partial charge in [-0.25, -0.2) is 9.59 Å². The molecule has 2 N–H and O–H groups in total. The zero-order valence-electron chi connectivity index (χ0n) is 26.1. The van der Waals surface area contributed by atoms with Crippen LogP contribution in [0.2, 0.25) is 10.0 Å². The fourth-order valence-electron chi connectivity index (χ4n) is 5.73. The van der Waals surface area contributed by atoms with Crippen molar-refractivity contribution in [2.75, 3.05) is 50.7 Å². The Balaban J connectivity index is 0.000000582. The van der Waals surface area contributed by atoms with Crippen LogP contribution >= 0.6 is 23.2 Å². The summed E-state index contributed by atoms with van der Waals surface area (Å²) in [6, 6.07) is 5.08. The molecule has 0 saturated carbocycles. The van der Waals surface area contributed by atoms with Crippen LogP contribution in [0.5, 0.6) is 0 Å². The summed E-state index contributed by atoms with van der Waals surface area (Å²) in [5, 5.41) is 19.8. The van der Waals surface area contributed by atoms with E-state index in [4.69, 9.17) is 42.5 Å². The van der Waals surface area contributed by atoms with Gasteiger partial charge in [0.05, 0.1) is 10.0 Å². The number of imidazole rings is 1. The monoisotopic (exact) mass is 715 g/mol. The molecule has 6 rings (SSSR count). The Hall–Kier alpha value is -3.93. The molecule has 14 nitrogen and oxygen atoms in total. The van der Waals surface area contributed by atoms with E-state index in [9.17, 15) is 22.8 Å². The Morgan fingerprint density at radius 3 is 2.33 bits per heavy atom. The number of carboxylic acid groups (broad SMARTS) is 1. The summed E-state index contributed by atoms with van der Waals surface area (Å²) in [6.07, 6.45) is -1.36. The number of nitrogens with zero attached hydrogens (tertiary/aromatic N) is 8. The number of anilines is 1. The molecule has 0 spiro atoms. The molecule has 48 heavy (non-hydrogen) atoms. The molecular weight excluding hydrogens is 682 g/mol. The second-order valence-electron chi connectivity index (χ2n) is 11.6. The maximum absolute atomic E-state index is 13.4. The molecule has 4 aromatic rings. The van der Waals surface area contributed by atoms with Gasteiger partial charge in [-0.1, -0.05) is 23.2 Å². The number of halogens is 5. The number of rotatable bonds is 7. The SMILES string of the molecule is Cn1c(=O)c2c(nc(N3CCN(CCC4CCNCC4)CC3)n2Cc2nnc(-c3ccc(Cl)c(Cl)c3)o2)n(C)c1=O.O=C(O)C(F)(F)F. The average Bonchev–Trinajstić information content (AvgIpc) is 3.69. The molecule has 2 saturated heterocycles. The number of aryl methyl sites for hydroxylation is 1. The van der Waals surface area contributed by atoms with Crippen LogP contribution in [0.25, 0.3) is 22.6 Å². The first-order valence-corrected chi connectivity index (χ1v) is 15.9. The van der Waals surface area contributed by atoms with Gasteiger partial charge in [0.25, 0.3) is 5.56 Å². The van der Waals surface area contributed by atoms with Crippen molar-refractivity contribution in [3.05, 3.63) is 55.0 Å². The van der Waals surface area contributed by atoms with Crippen molar-refractivity contribution in [2.24, 2.45) is 20.0 Å². The maximum Gasteiger partial charge on any atom is 0.490 e. The number of alkyl halides is 3. The Bertz CT molecular complexity index is 1890. The van der Waals surface area contributed by atoms with Gasteiger partial charge < -0.3 is 19.7 Å². The van der Waals surface area contributed by atoms with E-state index in [1.54, 1.807) is 29.8 Å². The van der Waals surface area contributed by atoms with E-state index in [-0.39, 0.29) is 12.4 Å². The summed E-state index contributed by atoms with van der Waals surface area (Å²) in [5.41, 5.74) is 0.415. The highest BCUT2D eigenvalue weighted by Gasteiger charge is 2.38. The Labute approximate surface area is 281 Å². The Morgan fingerprint density at radius 2 is 1.71 bits per heavy atom. The van der Waals surface area contributed by atoms with Gasteiger partial charge in [-0.05, 0) is 63.0 Å². The summed E-state index contributed by atoms with van der Waals surface area (Å²) in [5.74, 6) is -0.785. The summed E-state index contributed by atoms with van der Waals surface area (Å²) >= 11 is 12.2. The Morgan fingerprint density at radius 1 is 1.04 bits per heavy atom. The van der Waals surface area contributed by atoms with Crippen molar-refractivity contribution in [2.45, 2.75) is 32.0 Å². The number of carboxylic acids is 1. The quantitative estimate of drug-likeness (QED) is 0.290. The van der Waals surface area contributed by atoms with E-state index >= 15 is 0 Å². The van der Waals surface area contributed by atoms with Crippen LogP contribution in [0.15, 0.2) is 32.2 Å². The number of piperidine rings is 1. The number of hydrogen-bond acceptors (Lipinski definition) is 10. The zero-order chi connectivity index (χ0) is 34.7. The van der Waals surface area contributed by atoms with Crippen LogP contribution in [0.4, 0.5) is 19.1 Å². The van der Waals surface area contributed by atoms with Crippen LogP contribution in [-0.2, 0) is 25.4 Å². The van der Waals surface area contributed by atoms with Crippen molar-refractivity contribution >= 4 is 46.3 Å². The number of carbonyl (C=O) groups is 1. The summed E-state index contributed by atoms with van der Waals surface area (Å²) in [6.45, 7) is 6.73. The second-order valence-corrected chi connectivity index (χ2v) is 12.4. The van der Waals surface area contributed by atoms with E-state index in [1.165, 1.54) is 30.9 Å². The number of nitrogens with one attached hydrogen (secondary N) is 1. The van der Waals surface area contributed by atoms with Crippen LogP contribution in [-0.4, -0.2) is 96.8 Å². The van der Waals surface area contributed by atoms with Gasteiger partial charge in [-0.3, -0.25) is 23.4 Å². The molecule has 0 amide bonds. The minimum Gasteiger partial charge on any atom is -0.475 e. The first-order chi connectivity index (χ1) is 22.7. The predicted molar refractivity (Wildman–Crippen MR) is 172 cm³/mol. The van der Waals surface area contributed by atoms with E-state index in [1.807, 2.05) is 0 Å². The molecule has 2 aliphatic heterocycles. The molecule has 5 heterocycles. The van der Waals surface area contributed by atoms with E-state index in [0.29, 0.717) is 38.6 Å². The lowest BCUT2D eigenvalue weighted by Crippen LogP contribution is -2.48. The number of fused-ring (bicyclic) bond motifs is 1. The standard InChI is InChI=1S/C27H33Cl2N9O3.C2HF3O2/c1-34-23-22(25(39)35(2)27(34)40)38(16-21-32-33-24(41-21)18-3-4-19(28)20(29)15-18)26(31-23)37-13-11-36(12-14-37)10-7-17-5-8-30-9-6-17;3-2(4,5)1(6)7/h3-4,15,17,30H,5-14,16H2,1-2H3;(H,6,7).